The van der Waals surface area contributed by atoms with Crippen molar-refractivity contribution in [1.29, 1.82) is 0 Å². The number of urea groups is 1. The first-order valence-corrected chi connectivity index (χ1v) is 8.21. The number of carbonyl (C=O) groups excluding carboxylic acids is 3. The molecule has 1 aromatic rings. The molecule has 9 heteroatoms. The van der Waals surface area contributed by atoms with Crippen LogP contribution in [0.2, 0.25) is 10.0 Å². The van der Waals surface area contributed by atoms with Gasteiger partial charge in [0.05, 0.1) is 17.1 Å². The van der Waals surface area contributed by atoms with E-state index >= 15 is 0 Å². The van der Waals surface area contributed by atoms with Gasteiger partial charge < -0.3 is 15.5 Å². The molecule has 3 N–H and O–H groups in total. The number of rotatable bonds is 5. The molecule has 0 aromatic heterocycles. The molecule has 1 unspecified atom stereocenters. The smallest absolute Gasteiger partial charge is 0.324 e. The number of hydrogen-bond acceptors (Lipinski definition) is 3. The summed E-state index contributed by atoms with van der Waals surface area (Å²) < 4.78 is 0. The highest BCUT2D eigenvalue weighted by Gasteiger charge is 2.34. The minimum atomic E-state index is -0.520. The van der Waals surface area contributed by atoms with Gasteiger partial charge >= 0.3 is 6.03 Å². The molecule has 0 saturated carbocycles. The fourth-order valence-electron chi connectivity index (χ4n) is 2.31. The highest BCUT2D eigenvalue weighted by molar-refractivity contribution is 6.42. The Morgan fingerprint density at radius 2 is 2.08 bits per heavy atom. The van der Waals surface area contributed by atoms with Crippen LogP contribution in [0.1, 0.15) is 6.92 Å². The van der Waals surface area contributed by atoms with E-state index in [0.29, 0.717) is 33.7 Å². The van der Waals surface area contributed by atoms with E-state index in [4.69, 9.17) is 23.2 Å². The van der Waals surface area contributed by atoms with Crippen molar-refractivity contribution in [2.45, 2.75) is 13.0 Å². The number of quaternary nitrogens is 1. The van der Waals surface area contributed by atoms with Crippen LogP contribution < -0.4 is 15.5 Å². The Hall–Kier alpha value is -1.83. The van der Waals surface area contributed by atoms with Crippen LogP contribution in [0, 0.1) is 0 Å². The Balaban J connectivity index is 1.91. The fourth-order valence-corrected chi connectivity index (χ4v) is 2.61. The number of benzene rings is 1. The summed E-state index contributed by atoms with van der Waals surface area (Å²) in [5, 5.41) is 6.04. The molecule has 24 heavy (non-hydrogen) atoms. The molecule has 130 valence electrons. The Morgan fingerprint density at radius 1 is 1.38 bits per heavy atom. The van der Waals surface area contributed by atoms with E-state index in [9.17, 15) is 14.4 Å². The average Bonchev–Trinajstić information content (AvgIpc) is 2.95. The molecular weight excluding hydrogens is 355 g/mol. The summed E-state index contributed by atoms with van der Waals surface area (Å²) in [4.78, 5) is 37.8. The maximum absolute atomic E-state index is 12.3. The molecule has 0 bridgehead atoms. The number of nitrogens with one attached hydrogen (secondary N) is 3. The highest BCUT2D eigenvalue weighted by atomic mass is 35.5. The second kappa shape index (κ2) is 7.83. The largest absolute Gasteiger partial charge is 0.336 e. The molecule has 1 saturated heterocycles. The van der Waals surface area contributed by atoms with Gasteiger partial charge in [-0.2, -0.15) is 0 Å². The van der Waals surface area contributed by atoms with E-state index in [-0.39, 0.29) is 24.4 Å². The number of halogens is 2. The first kappa shape index (κ1) is 18.5. The Bertz CT molecular complexity index is 668. The molecule has 1 heterocycles. The Labute approximate surface area is 149 Å². The van der Waals surface area contributed by atoms with Crippen LogP contribution in [0.25, 0.3) is 0 Å². The molecule has 1 aromatic carbocycles. The maximum atomic E-state index is 12.3. The van der Waals surface area contributed by atoms with Crippen molar-refractivity contribution in [2.24, 2.45) is 0 Å². The van der Waals surface area contributed by atoms with Gasteiger partial charge in [0.25, 0.3) is 11.8 Å². The van der Waals surface area contributed by atoms with E-state index in [1.807, 2.05) is 0 Å². The van der Waals surface area contributed by atoms with Crippen molar-refractivity contribution in [3.8, 4) is 0 Å². The van der Waals surface area contributed by atoms with Crippen molar-refractivity contribution in [1.82, 2.24) is 10.2 Å². The summed E-state index contributed by atoms with van der Waals surface area (Å²) in [6.07, 6.45) is 0. The second-order valence-electron chi connectivity index (χ2n) is 5.64. The molecule has 0 aliphatic carbocycles. The lowest BCUT2D eigenvalue weighted by Gasteiger charge is -2.23. The van der Waals surface area contributed by atoms with E-state index in [2.05, 4.69) is 10.6 Å². The minimum Gasteiger partial charge on any atom is -0.336 e. The molecule has 2 rings (SSSR count). The van der Waals surface area contributed by atoms with Gasteiger partial charge in [0.1, 0.15) is 0 Å². The zero-order valence-corrected chi connectivity index (χ0v) is 14.9. The van der Waals surface area contributed by atoms with Gasteiger partial charge in [-0.15, -0.1) is 0 Å². The van der Waals surface area contributed by atoms with Gasteiger partial charge in [0, 0.05) is 18.8 Å². The van der Waals surface area contributed by atoms with Gasteiger partial charge in [0.15, 0.2) is 12.6 Å². The molecule has 1 aliphatic rings. The lowest BCUT2D eigenvalue weighted by atomic mass is 10.2. The third-order valence-electron chi connectivity index (χ3n) is 3.88. The predicted octanol–water partition coefficient (Wildman–Crippen LogP) is 0.387. The van der Waals surface area contributed by atoms with E-state index in [0.717, 1.165) is 0 Å². The Morgan fingerprint density at radius 3 is 2.67 bits per heavy atom. The number of nitrogens with zero attached hydrogens (tertiary/aromatic N) is 1. The molecular formula is C15H19Cl2N4O3+. The van der Waals surface area contributed by atoms with Gasteiger partial charge in [-0.05, 0) is 25.1 Å². The number of amides is 4. The van der Waals surface area contributed by atoms with Gasteiger partial charge in [-0.25, -0.2) is 4.79 Å². The van der Waals surface area contributed by atoms with E-state index in [1.54, 1.807) is 32.2 Å². The van der Waals surface area contributed by atoms with Gasteiger partial charge in [-0.3, -0.25) is 14.5 Å². The third-order valence-corrected chi connectivity index (χ3v) is 4.61. The molecule has 1 aliphatic heterocycles. The van der Waals surface area contributed by atoms with Gasteiger partial charge in [-0.1, -0.05) is 23.2 Å². The molecule has 0 radical (unpaired) electrons. The van der Waals surface area contributed by atoms with Crippen molar-refractivity contribution in [2.75, 3.05) is 32.0 Å². The predicted molar refractivity (Wildman–Crippen MR) is 91.4 cm³/mol. The standard InChI is InChI=1S/C15H18Cl2N4O3/c1-9(14(23)21-6-5-18-15(21)24)20(2)8-13(22)19-10-3-4-11(16)12(17)7-10/h3-4,7,9H,5-6,8H2,1-2H3,(H,18,24)(H,19,22)/p+1/t9-/m0/s1. The molecule has 2 atom stereocenters. The van der Waals surface area contributed by atoms with Crippen molar-refractivity contribution < 1.29 is 19.3 Å². The quantitative estimate of drug-likeness (QED) is 0.697. The first-order chi connectivity index (χ1) is 11.3. The summed E-state index contributed by atoms with van der Waals surface area (Å²) in [5.41, 5.74) is 0.528. The fraction of sp³-hybridized carbons (Fsp3) is 0.400. The molecule has 0 spiro atoms. The average molecular weight is 374 g/mol. The normalized spacial score (nSPS) is 16.5. The van der Waals surface area contributed by atoms with Crippen molar-refractivity contribution >= 4 is 46.7 Å². The van der Waals surface area contributed by atoms with Crippen LogP contribution in [0.5, 0.6) is 0 Å². The van der Waals surface area contributed by atoms with Crippen LogP contribution in [0.3, 0.4) is 0 Å². The number of hydrogen-bond donors (Lipinski definition) is 3. The monoisotopic (exact) mass is 373 g/mol. The summed E-state index contributed by atoms with van der Waals surface area (Å²) >= 11 is 11.7. The first-order valence-electron chi connectivity index (χ1n) is 7.46. The van der Waals surface area contributed by atoms with E-state index in [1.165, 1.54) is 4.90 Å². The van der Waals surface area contributed by atoms with Crippen LogP contribution in [0.4, 0.5) is 10.5 Å². The zero-order chi connectivity index (χ0) is 17.9. The van der Waals surface area contributed by atoms with Crippen LogP contribution in [-0.2, 0) is 9.59 Å². The maximum Gasteiger partial charge on any atom is 0.324 e. The summed E-state index contributed by atoms with van der Waals surface area (Å²) in [6.45, 7) is 2.57. The number of imide groups is 1. The summed E-state index contributed by atoms with van der Waals surface area (Å²) in [7, 11) is 1.73. The number of anilines is 1. The molecule has 7 nitrogen and oxygen atoms in total. The lowest BCUT2D eigenvalue weighted by molar-refractivity contribution is -0.886. The van der Waals surface area contributed by atoms with Crippen LogP contribution in [0.15, 0.2) is 18.2 Å². The van der Waals surface area contributed by atoms with Crippen molar-refractivity contribution in [3.05, 3.63) is 28.2 Å². The van der Waals surface area contributed by atoms with Gasteiger partial charge in [0.2, 0.25) is 0 Å². The minimum absolute atomic E-state index is 0.0720. The Kier molecular flexibility index (Phi) is 6.04. The summed E-state index contributed by atoms with van der Waals surface area (Å²) in [5.74, 6) is -0.568. The highest BCUT2D eigenvalue weighted by Crippen LogP contribution is 2.24. The van der Waals surface area contributed by atoms with Crippen LogP contribution >= 0.6 is 23.2 Å². The topological polar surface area (TPSA) is 83.0 Å². The molecule has 1 fully saturated rings. The number of carbonyl (C=O) groups is 3. The summed E-state index contributed by atoms with van der Waals surface area (Å²) in [6, 6.07) is 3.88. The number of likely N-dealkylation sites (N-methyl/N-ethyl adjacent to an activating group) is 1. The SMILES string of the molecule is C[C@@H](C(=O)N1CCNC1=O)[NH+](C)CC(=O)Nc1ccc(Cl)c(Cl)c1. The second-order valence-corrected chi connectivity index (χ2v) is 6.46. The molecule has 4 amide bonds. The van der Waals surface area contributed by atoms with Crippen molar-refractivity contribution in [3.63, 3.8) is 0 Å². The third kappa shape index (κ3) is 4.37. The van der Waals surface area contributed by atoms with E-state index < -0.39 is 6.04 Å². The van der Waals surface area contributed by atoms with Crippen LogP contribution in [-0.4, -0.2) is 55.5 Å². The lowest BCUT2D eigenvalue weighted by Crippen LogP contribution is -3.15. The zero-order valence-electron chi connectivity index (χ0n) is 13.4.